The van der Waals surface area contributed by atoms with Gasteiger partial charge in [-0.2, -0.15) is 0 Å². The van der Waals surface area contributed by atoms with Gasteiger partial charge in [0.05, 0.1) is 13.2 Å². The number of ketones is 1. The van der Waals surface area contributed by atoms with Gasteiger partial charge in [0.2, 0.25) is 0 Å². The molecule has 0 rings (SSSR count). The van der Waals surface area contributed by atoms with Crippen molar-refractivity contribution in [1.29, 1.82) is 0 Å². The maximum atomic E-state index is 11.9. The van der Waals surface area contributed by atoms with E-state index in [1.165, 1.54) is 0 Å². The van der Waals surface area contributed by atoms with Crippen molar-refractivity contribution in [3.8, 4) is 0 Å². The van der Waals surface area contributed by atoms with Gasteiger partial charge in [0, 0.05) is 25.1 Å². The average Bonchev–Trinajstić information content (AvgIpc) is 2.09. The number of rotatable bonds is 6. The van der Waals surface area contributed by atoms with Crippen LogP contribution in [0.3, 0.4) is 0 Å². The highest BCUT2D eigenvalue weighted by Crippen LogP contribution is 2.15. The minimum atomic E-state index is -0.250. The van der Waals surface area contributed by atoms with E-state index in [0.29, 0.717) is 19.2 Å². The molecule has 0 saturated carbocycles. The number of hydrogen-bond acceptors (Lipinski definition) is 3. The molecule has 0 aliphatic carbocycles. The van der Waals surface area contributed by atoms with Crippen LogP contribution in [0.4, 0.5) is 0 Å². The van der Waals surface area contributed by atoms with Crippen molar-refractivity contribution < 1.29 is 9.53 Å². The molecule has 0 saturated heterocycles. The van der Waals surface area contributed by atoms with E-state index in [1.54, 1.807) is 7.11 Å². The highest BCUT2D eigenvalue weighted by molar-refractivity contribution is 5.85. The second-order valence-corrected chi connectivity index (χ2v) is 5.23. The van der Waals surface area contributed by atoms with Crippen LogP contribution in [0.1, 0.15) is 34.6 Å². The van der Waals surface area contributed by atoms with Crippen LogP contribution in [0.5, 0.6) is 0 Å². The zero-order valence-corrected chi connectivity index (χ0v) is 11.0. The first-order chi connectivity index (χ1) is 6.79. The third kappa shape index (κ3) is 5.90. The van der Waals surface area contributed by atoms with Crippen LogP contribution in [0.2, 0.25) is 0 Å². The number of Topliss-reactive ketones (excluding diaryl/α,β-unsaturated/α-hetero) is 1. The van der Waals surface area contributed by atoms with E-state index in [-0.39, 0.29) is 11.2 Å². The molecule has 0 fully saturated rings. The highest BCUT2D eigenvalue weighted by Gasteiger charge is 2.24. The number of carbonyl (C=O) groups excluding carboxylic acids is 1. The van der Waals surface area contributed by atoms with Gasteiger partial charge < -0.3 is 4.74 Å². The number of methoxy groups -OCH3 is 1. The van der Waals surface area contributed by atoms with E-state index < -0.39 is 0 Å². The summed E-state index contributed by atoms with van der Waals surface area (Å²) in [5.41, 5.74) is -0.250. The molecule has 0 atom stereocenters. The molecule has 0 aromatic carbocycles. The van der Waals surface area contributed by atoms with Gasteiger partial charge in [0.25, 0.3) is 0 Å². The molecule has 0 aromatic heterocycles. The number of nitrogens with zero attached hydrogens (tertiary/aromatic N) is 1. The summed E-state index contributed by atoms with van der Waals surface area (Å²) in [6.45, 7) is 12.1. The molecule has 0 heterocycles. The Morgan fingerprint density at radius 2 is 1.87 bits per heavy atom. The Morgan fingerprint density at radius 3 is 2.20 bits per heavy atom. The summed E-state index contributed by atoms with van der Waals surface area (Å²) in [5.74, 6) is 0.285. The highest BCUT2D eigenvalue weighted by atomic mass is 16.5. The SMILES string of the molecule is COCCN(CC(=O)C(C)(C)C)C(C)C. The van der Waals surface area contributed by atoms with Crippen LogP contribution in [-0.4, -0.2) is 43.5 Å². The van der Waals surface area contributed by atoms with Crippen molar-refractivity contribution in [3.05, 3.63) is 0 Å². The van der Waals surface area contributed by atoms with E-state index in [2.05, 4.69) is 18.7 Å². The smallest absolute Gasteiger partial charge is 0.152 e. The second kappa shape index (κ2) is 6.23. The lowest BCUT2D eigenvalue weighted by Gasteiger charge is -2.28. The van der Waals surface area contributed by atoms with Crippen LogP contribution >= 0.6 is 0 Å². The molecule has 15 heavy (non-hydrogen) atoms. The summed E-state index contributed by atoms with van der Waals surface area (Å²) in [4.78, 5) is 14.0. The maximum absolute atomic E-state index is 11.9. The van der Waals surface area contributed by atoms with Crippen LogP contribution < -0.4 is 0 Å². The lowest BCUT2D eigenvalue weighted by atomic mass is 9.90. The number of carbonyl (C=O) groups is 1. The second-order valence-electron chi connectivity index (χ2n) is 5.23. The maximum Gasteiger partial charge on any atom is 0.152 e. The Labute approximate surface area is 93.8 Å². The molecule has 0 N–H and O–H groups in total. The summed E-state index contributed by atoms with van der Waals surface area (Å²) >= 11 is 0. The molecule has 0 spiro atoms. The van der Waals surface area contributed by atoms with Crippen molar-refractivity contribution in [3.63, 3.8) is 0 Å². The number of ether oxygens (including phenoxy) is 1. The molecule has 3 heteroatoms. The molecule has 3 nitrogen and oxygen atoms in total. The summed E-state index contributed by atoms with van der Waals surface area (Å²) < 4.78 is 5.04. The van der Waals surface area contributed by atoms with Crippen LogP contribution in [-0.2, 0) is 9.53 Å². The van der Waals surface area contributed by atoms with Crippen molar-refractivity contribution in [1.82, 2.24) is 4.90 Å². The quantitative estimate of drug-likeness (QED) is 0.678. The average molecular weight is 215 g/mol. The lowest BCUT2D eigenvalue weighted by Crippen LogP contribution is -2.41. The molecule has 0 unspecified atom stereocenters. The Morgan fingerprint density at radius 1 is 1.33 bits per heavy atom. The van der Waals surface area contributed by atoms with Crippen LogP contribution in [0.25, 0.3) is 0 Å². The van der Waals surface area contributed by atoms with E-state index in [0.717, 1.165) is 6.54 Å². The zero-order valence-electron chi connectivity index (χ0n) is 11.0. The van der Waals surface area contributed by atoms with E-state index in [1.807, 2.05) is 20.8 Å². The molecule has 0 radical (unpaired) electrons. The van der Waals surface area contributed by atoms with Gasteiger partial charge in [-0.1, -0.05) is 20.8 Å². The van der Waals surface area contributed by atoms with Crippen LogP contribution in [0, 0.1) is 5.41 Å². The molecule has 0 aromatic rings. The standard InChI is InChI=1S/C12H25NO2/c1-10(2)13(7-8-15-6)9-11(14)12(3,4)5/h10H,7-9H2,1-6H3. The normalized spacial score (nSPS) is 12.5. The molecule has 0 amide bonds. The fourth-order valence-electron chi connectivity index (χ4n) is 1.15. The summed E-state index contributed by atoms with van der Waals surface area (Å²) in [6, 6.07) is 0.381. The predicted molar refractivity (Wildman–Crippen MR) is 63.0 cm³/mol. The first kappa shape index (κ1) is 14.6. The fraction of sp³-hybridized carbons (Fsp3) is 0.917. The molecule has 0 bridgehead atoms. The Kier molecular flexibility index (Phi) is 6.06. The van der Waals surface area contributed by atoms with Crippen molar-refractivity contribution in [2.75, 3.05) is 26.8 Å². The molecular formula is C12H25NO2. The minimum absolute atomic E-state index is 0.250. The third-order valence-electron chi connectivity index (χ3n) is 2.50. The summed E-state index contributed by atoms with van der Waals surface area (Å²) in [5, 5.41) is 0. The van der Waals surface area contributed by atoms with Gasteiger partial charge in [-0.05, 0) is 13.8 Å². The van der Waals surface area contributed by atoms with Gasteiger partial charge in [-0.25, -0.2) is 0 Å². The van der Waals surface area contributed by atoms with Gasteiger partial charge >= 0.3 is 0 Å². The lowest BCUT2D eigenvalue weighted by molar-refractivity contribution is -0.128. The molecule has 0 aliphatic heterocycles. The van der Waals surface area contributed by atoms with Crippen molar-refractivity contribution in [2.45, 2.75) is 40.7 Å². The topological polar surface area (TPSA) is 29.5 Å². The Bertz CT molecular complexity index is 194. The van der Waals surface area contributed by atoms with E-state index in [4.69, 9.17) is 4.74 Å². The first-order valence-corrected chi connectivity index (χ1v) is 5.55. The Hall–Kier alpha value is -0.410. The first-order valence-electron chi connectivity index (χ1n) is 5.55. The van der Waals surface area contributed by atoms with Gasteiger partial charge in [0.1, 0.15) is 0 Å². The summed E-state index contributed by atoms with van der Waals surface area (Å²) in [7, 11) is 1.68. The molecule has 90 valence electrons. The largest absolute Gasteiger partial charge is 0.383 e. The summed E-state index contributed by atoms with van der Waals surface area (Å²) in [6.07, 6.45) is 0. The third-order valence-corrected chi connectivity index (χ3v) is 2.50. The zero-order chi connectivity index (χ0) is 12.1. The Balaban J connectivity index is 4.23. The van der Waals surface area contributed by atoms with Gasteiger partial charge in [0.15, 0.2) is 5.78 Å². The van der Waals surface area contributed by atoms with E-state index >= 15 is 0 Å². The number of hydrogen-bond donors (Lipinski definition) is 0. The minimum Gasteiger partial charge on any atom is -0.383 e. The van der Waals surface area contributed by atoms with Crippen molar-refractivity contribution >= 4 is 5.78 Å². The molecule has 0 aliphatic rings. The van der Waals surface area contributed by atoms with Gasteiger partial charge in [-0.15, -0.1) is 0 Å². The predicted octanol–water partition coefficient (Wildman–Crippen LogP) is 1.96. The van der Waals surface area contributed by atoms with E-state index in [9.17, 15) is 4.79 Å². The monoisotopic (exact) mass is 215 g/mol. The van der Waals surface area contributed by atoms with Crippen LogP contribution in [0.15, 0.2) is 0 Å². The van der Waals surface area contributed by atoms with Gasteiger partial charge in [-0.3, -0.25) is 9.69 Å². The van der Waals surface area contributed by atoms with Crippen molar-refractivity contribution in [2.24, 2.45) is 5.41 Å². The molecular weight excluding hydrogens is 190 g/mol. The fourth-order valence-corrected chi connectivity index (χ4v) is 1.15.